The lowest BCUT2D eigenvalue weighted by molar-refractivity contribution is 0.0956. The smallest absolute Gasteiger partial charge is 0.273 e. The van der Waals surface area contributed by atoms with Crippen molar-refractivity contribution >= 4 is 51.3 Å². The fourth-order valence-corrected chi connectivity index (χ4v) is 3.58. The predicted molar refractivity (Wildman–Crippen MR) is 126 cm³/mol. The van der Waals surface area contributed by atoms with Gasteiger partial charge in [0.05, 0.1) is 11.8 Å². The van der Waals surface area contributed by atoms with Crippen LogP contribution in [0, 0.1) is 3.57 Å². The number of halogens is 1. The summed E-state index contributed by atoms with van der Waals surface area (Å²) in [6, 6.07) is 23.6. The number of anilines is 1. The number of carbonyl (C=O) groups excluding carboxylic acids is 1. The van der Waals surface area contributed by atoms with Gasteiger partial charge in [0.2, 0.25) is 0 Å². The molecule has 0 saturated heterocycles. The summed E-state index contributed by atoms with van der Waals surface area (Å²) in [6.07, 6.45) is 3.72. The van der Waals surface area contributed by atoms with E-state index in [1.54, 1.807) is 30.5 Å². The number of carbonyl (C=O) groups is 1. The third-order valence-corrected chi connectivity index (χ3v) is 5.38. The number of nitrogen functional groups attached to an aromatic ring is 1. The number of nitrogens with one attached hydrogen (secondary N) is 1. The molecule has 3 N–H and O–H groups in total. The molecule has 0 aliphatic rings. The van der Waals surface area contributed by atoms with Crippen LogP contribution < -0.4 is 11.2 Å². The molecule has 0 unspecified atom stereocenters. The number of benzene rings is 3. The zero-order valence-corrected chi connectivity index (χ0v) is 17.7. The molecule has 0 radical (unpaired) electrons. The highest BCUT2D eigenvalue weighted by molar-refractivity contribution is 14.1. The van der Waals surface area contributed by atoms with Crippen molar-refractivity contribution in [1.82, 2.24) is 9.99 Å². The maximum absolute atomic E-state index is 12.3. The average molecular weight is 494 g/mol. The van der Waals surface area contributed by atoms with E-state index >= 15 is 0 Å². The van der Waals surface area contributed by atoms with E-state index in [4.69, 9.17) is 5.73 Å². The van der Waals surface area contributed by atoms with Crippen LogP contribution >= 0.6 is 22.6 Å². The number of hydrogen-bond acceptors (Lipinski definition) is 3. The van der Waals surface area contributed by atoms with Crippen molar-refractivity contribution in [3.05, 3.63) is 99.3 Å². The Morgan fingerprint density at radius 2 is 1.76 bits per heavy atom. The molecule has 0 fully saturated rings. The fourth-order valence-electron chi connectivity index (χ4n) is 3.22. The lowest BCUT2D eigenvalue weighted by atomic mass is 10.2. The Balaban J connectivity index is 1.57. The van der Waals surface area contributed by atoms with Gasteiger partial charge in [-0.15, -0.1) is 0 Å². The van der Waals surface area contributed by atoms with Crippen molar-refractivity contribution < 1.29 is 4.79 Å². The van der Waals surface area contributed by atoms with E-state index in [-0.39, 0.29) is 5.91 Å². The maximum Gasteiger partial charge on any atom is 0.273 e. The summed E-state index contributed by atoms with van der Waals surface area (Å²) in [4.78, 5) is 12.3. The van der Waals surface area contributed by atoms with E-state index in [0.29, 0.717) is 11.3 Å². The van der Waals surface area contributed by atoms with Gasteiger partial charge < -0.3 is 10.3 Å². The first-order valence-corrected chi connectivity index (χ1v) is 10.2. The van der Waals surface area contributed by atoms with Crippen molar-refractivity contribution in [1.29, 1.82) is 0 Å². The second-order valence-corrected chi connectivity index (χ2v) is 7.89. The number of amides is 1. The monoisotopic (exact) mass is 494 g/mol. The lowest BCUT2D eigenvalue weighted by Crippen LogP contribution is -2.18. The molecule has 6 heteroatoms. The summed E-state index contributed by atoms with van der Waals surface area (Å²) >= 11 is 2.31. The maximum atomic E-state index is 12.3. The molecule has 29 heavy (non-hydrogen) atoms. The van der Waals surface area contributed by atoms with Gasteiger partial charge in [-0.1, -0.05) is 42.5 Å². The molecular formula is C23H19IN4O. The van der Waals surface area contributed by atoms with Crippen LogP contribution in [0.2, 0.25) is 0 Å². The van der Waals surface area contributed by atoms with Gasteiger partial charge in [0, 0.05) is 38.5 Å². The highest BCUT2D eigenvalue weighted by atomic mass is 127. The minimum atomic E-state index is -0.332. The third-order valence-electron chi connectivity index (χ3n) is 4.66. The van der Waals surface area contributed by atoms with E-state index in [1.807, 2.05) is 12.1 Å². The van der Waals surface area contributed by atoms with E-state index in [9.17, 15) is 4.79 Å². The normalized spacial score (nSPS) is 11.2. The topological polar surface area (TPSA) is 72.4 Å². The van der Waals surface area contributed by atoms with Gasteiger partial charge >= 0.3 is 0 Å². The van der Waals surface area contributed by atoms with E-state index in [2.05, 4.69) is 80.3 Å². The summed E-state index contributed by atoms with van der Waals surface area (Å²) in [7, 11) is 0. The molecule has 3 aromatic carbocycles. The van der Waals surface area contributed by atoms with Crippen LogP contribution in [0.25, 0.3) is 10.9 Å². The number of nitrogens with zero attached hydrogens (tertiary/aromatic N) is 2. The molecule has 0 saturated carbocycles. The second kappa shape index (κ2) is 8.48. The molecule has 1 heterocycles. The van der Waals surface area contributed by atoms with Gasteiger partial charge in [-0.25, -0.2) is 5.43 Å². The van der Waals surface area contributed by atoms with Crippen molar-refractivity contribution in [3.8, 4) is 0 Å². The highest BCUT2D eigenvalue weighted by Gasteiger charge is 2.09. The van der Waals surface area contributed by atoms with E-state index < -0.39 is 0 Å². The Hall–Kier alpha value is -3.13. The zero-order chi connectivity index (χ0) is 20.2. The largest absolute Gasteiger partial charge is 0.398 e. The van der Waals surface area contributed by atoms with Crippen LogP contribution in [-0.2, 0) is 6.54 Å². The molecule has 0 spiro atoms. The SMILES string of the molecule is Nc1ccccc1C(=O)N/N=C\c1cn(Cc2ccc(I)cc2)c2ccccc12. The molecule has 0 aliphatic carbocycles. The summed E-state index contributed by atoms with van der Waals surface area (Å²) in [6.45, 7) is 0.762. The predicted octanol–water partition coefficient (Wildman–Crippen LogP) is 4.64. The standard InChI is InChI=1S/C23H19IN4O/c24-18-11-9-16(10-12-18)14-28-15-17(19-5-2-4-8-22(19)28)13-26-27-23(29)20-6-1-3-7-21(20)25/h1-13,15H,14,25H2,(H,27,29)/b26-13-. The molecule has 0 atom stereocenters. The zero-order valence-electron chi connectivity index (χ0n) is 15.5. The van der Waals surface area contributed by atoms with Crippen molar-refractivity contribution in [2.24, 2.45) is 5.10 Å². The van der Waals surface area contributed by atoms with Crippen LogP contribution in [0.5, 0.6) is 0 Å². The Kier molecular flexibility index (Phi) is 5.62. The van der Waals surface area contributed by atoms with Crippen LogP contribution in [-0.4, -0.2) is 16.7 Å². The lowest BCUT2D eigenvalue weighted by Gasteiger charge is -2.05. The molecule has 5 nitrogen and oxygen atoms in total. The molecule has 0 bridgehead atoms. The van der Waals surface area contributed by atoms with E-state index in [1.165, 1.54) is 9.13 Å². The van der Waals surface area contributed by atoms with Gasteiger partial charge in [-0.2, -0.15) is 5.10 Å². The minimum Gasteiger partial charge on any atom is -0.398 e. The van der Waals surface area contributed by atoms with Crippen molar-refractivity contribution in [2.75, 3.05) is 5.73 Å². The number of hydrazone groups is 1. The fraction of sp³-hybridized carbons (Fsp3) is 0.0435. The highest BCUT2D eigenvalue weighted by Crippen LogP contribution is 2.21. The number of fused-ring (bicyclic) bond motifs is 1. The van der Waals surface area contributed by atoms with Crippen LogP contribution in [0.3, 0.4) is 0 Å². The average Bonchev–Trinajstić information content (AvgIpc) is 3.08. The Morgan fingerprint density at radius 1 is 1.03 bits per heavy atom. The molecule has 0 aliphatic heterocycles. The molecule has 4 aromatic rings. The summed E-state index contributed by atoms with van der Waals surface area (Å²) in [5.74, 6) is -0.332. The molecule has 4 rings (SSSR count). The number of para-hydroxylation sites is 2. The van der Waals surface area contributed by atoms with Crippen LogP contribution in [0.15, 0.2) is 84.1 Å². The van der Waals surface area contributed by atoms with Gasteiger partial charge in [0.15, 0.2) is 0 Å². The van der Waals surface area contributed by atoms with E-state index in [0.717, 1.165) is 23.0 Å². The van der Waals surface area contributed by atoms with Crippen LogP contribution in [0.4, 0.5) is 5.69 Å². The second-order valence-electron chi connectivity index (χ2n) is 6.64. The van der Waals surface area contributed by atoms with Gasteiger partial charge in [-0.3, -0.25) is 4.79 Å². The minimum absolute atomic E-state index is 0.332. The Labute approximate surface area is 182 Å². The Morgan fingerprint density at radius 3 is 2.55 bits per heavy atom. The van der Waals surface area contributed by atoms with Crippen LogP contribution in [0.1, 0.15) is 21.5 Å². The Bertz CT molecular complexity index is 1200. The molecular weight excluding hydrogens is 475 g/mol. The first kappa shape index (κ1) is 19.2. The molecule has 1 aromatic heterocycles. The molecule has 1 amide bonds. The number of nitrogens with two attached hydrogens (primary N) is 1. The number of hydrogen-bond donors (Lipinski definition) is 2. The first-order chi connectivity index (χ1) is 14.1. The number of rotatable bonds is 5. The first-order valence-electron chi connectivity index (χ1n) is 9.12. The van der Waals surface area contributed by atoms with Gasteiger partial charge in [0.1, 0.15) is 0 Å². The quantitative estimate of drug-likeness (QED) is 0.184. The summed E-state index contributed by atoms with van der Waals surface area (Å²) < 4.78 is 3.40. The van der Waals surface area contributed by atoms with Crippen molar-refractivity contribution in [2.45, 2.75) is 6.54 Å². The van der Waals surface area contributed by atoms with Gasteiger partial charge in [-0.05, 0) is 58.5 Å². The number of aromatic nitrogens is 1. The van der Waals surface area contributed by atoms with Crippen molar-refractivity contribution in [3.63, 3.8) is 0 Å². The molecule has 144 valence electrons. The third kappa shape index (κ3) is 4.32. The summed E-state index contributed by atoms with van der Waals surface area (Å²) in [5, 5.41) is 5.23. The summed E-state index contributed by atoms with van der Waals surface area (Å²) in [5.41, 5.74) is 12.5. The van der Waals surface area contributed by atoms with Gasteiger partial charge in [0.25, 0.3) is 5.91 Å².